The molecule has 1 unspecified atom stereocenters. The van der Waals surface area contributed by atoms with Gasteiger partial charge >= 0.3 is 0 Å². The molecule has 0 radical (unpaired) electrons. The van der Waals surface area contributed by atoms with Crippen molar-refractivity contribution in [2.45, 2.75) is 31.3 Å². The Morgan fingerprint density at radius 1 is 0.950 bits per heavy atom. The number of ether oxygens (including phenoxy) is 3. The van der Waals surface area contributed by atoms with Crippen LogP contribution in [0.2, 0.25) is 0 Å². The predicted octanol–water partition coefficient (Wildman–Crippen LogP) is 6.02. The van der Waals surface area contributed by atoms with Crippen LogP contribution in [-0.4, -0.2) is 58.6 Å². The van der Waals surface area contributed by atoms with Crippen LogP contribution in [0.4, 0.5) is 0 Å². The lowest BCUT2D eigenvalue weighted by Crippen LogP contribution is -2.40. The van der Waals surface area contributed by atoms with Crippen LogP contribution >= 0.6 is 11.8 Å². The molecule has 4 aromatic rings. The van der Waals surface area contributed by atoms with Crippen molar-refractivity contribution < 1.29 is 19.0 Å². The van der Waals surface area contributed by atoms with E-state index in [4.69, 9.17) is 14.2 Å². The maximum atomic E-state index is 13.0. The molecule has 3 aromatic carbocycles. The van der Waals surface area contributed by atoms with E-state index >= 15 is 0 Å². The number of benzene rings is 3. The molecule has 1 aliphatic rings. The maximum absolute atomic E-state index is 13.0. The summed E-state index contributed by atoms with van der Waals surface area (Å²) in [6.45, 7) is 3.85. The third-order valence-electron chi connectivity index (χ3n) is 6.92. The van der Waals surface area contributed by atoms with Gasteiger partial charge in [-0.05, 0) is 72.9 Å². The summed E-state index contributed by atoms with van der Waals surface area (Å²) in [4.78, 5) is 15.0. The van der Waals surface area contributed by atoms with Gasteiger partial charge in [-0.15, -0.1) is 10.2 Å². The number of carbonyl (C=O) groups is 1. The average molecular weight is 559 g/mol. The summed E-state index contributed by atoms with van der Waals surface area (Å²) < 4.78 is 18.9. The zero-order valence-electron chi connectivity index (χ0n) is 23.1. The molecule has 5 rings (SSSR count). The normalized spacial score (nSPS) is 15.1. The van der Waals surface area contributed by atoms with E-state index in [1.54, 1.807) is 14.2 Å². The van der Waals surface area contributed by atoms with E-state index in [0.29, 0.717) is 34.7 Å². The maximum Gasteiger partial charge on any atom is 0.233 e. The molecule has 1 amide bonds. The van der Waals surface area contributed by atoms with Crippen molar-refractivity contribution in [2.75, 3.05) is 33.1 Å². The van der Waals surface area contributed by atoms with Gasteiger partial charge in [0.25, 0.3) is 0 Å². The molecule has 0 bridgehead atoms. The van der Waals surface area contributed by atoms with Crippen molar-refractivity contribution >= 4 is 17.7 Å². The number of hydrogen-bond donors (Lipinski definition) is 0. The number of rotatable bonds is 10. The van der Waals surface area contributed by atoms with Gasteiger partial charge in [0.2, 0.25) is 5.91 Å². The van der Waals surface area contributed by atoms with Crippen molar-refractivity contribution in [3.8, 4) is 28.7 Å². The largest absolute Gasteiger partial charge is 0.493 e. The quantitative estimate of drug-likeness (QED) is 0.220. The molecule has 1 aromatic heterocycles. The molecule has 0 spiro atoms. The van der Waals surface area contributed by atoms with Crippen LogP contribution in [0.3, 0.4) is 0 Å². The Morgan fingerprint density at radius 2 is 1.70 bits per heavy atom. The van der Waals surface area contributed by atoms with E-state index in [0.717, 1.165) is 48.1 Å². The number of aromatic nitrogens is 3. The molecular weight excluding hydrogens is 524 g/mol. The third-order valence-corrected chi connectivity index (χ3v) is 7.83. The Morgan fingerprint density at radius 3 is 2.42 bits per heavy atom. The molecule has 1 saturated heterocycles. The molecule has 1 atom stereocenters. The van der Waals surface area contributed by atoms with Gasteiger partial charge in [-0.1, -0.05) is 43.0 Å². The van der Waals surface area contributed by atoms with Gasteiger partial charge in [-0.25, -0.2) is 0 Å². The summed E-state index contributed by atoms with van der Waals surface area (Å²) in [5.74, 6) is 4.58. The van der Waals surface area contributed by atoms with Crippen molar-refractivity contribution in [1.82, 2.24) is 19.7 Å². The van der Waals surface area contributed by atoms with E-state index < -0.39 is 0 Å². The number of para-hydroxylation sites is 1. The lowest BCUT2D eigenvalue weighted by molar-refractivity contribution is -0.130. The van der Waals surface area contributed by atoms with Crippen LogP contribution < -0.4 is 14.2 Å². The van der Waals surface area contributed by atoms with Crippen molar-refractivity contribution in [2.24, 2.45) is 5.92 Å². The monoisotopic (exact) mass is 558 g/mol. The van der Waals surface area contributed by atoms with E-state index in [9.17, 15) is 4.79 Å². The number of thioether (sulfide) groups is 1. The zero-order valence-corrected chi connectivity index (χ0v) is 23.9. The Labute approximate surface area is 239 Å². The Balaban J connectivity index is 1.40. The summed E-state index contributed by atoms with van der Waals surface area (Å²) in [5, 5.41) is 9.72. The molecule has 208 valence electrons. The molecule has 40 heavy (non-hydrogen) atoms. The fraction of sp³-hybridized carbons (Fsp3) is 0.323. The van der Waals surface area contributed by atoms with Gasteiger partial charge in [0.1, 0.15) is 17.3 Å². The smallest absolute Gasteiger partial charge is 0.233 e. The Kier molecular flexibility index (Phi) is 8.91. The summed E-state index contributed by atoms with van der Waals surface area (Å²) in [6.07, 6.45) is 2.75. The molecule has 1 fully saturated rings. The first-order chi connectivity index (χ1) is 19.5. The average Bonchev–Trinajstić information content (AvgIpc) is 3.38. The van der Waals surface area contributed by atoms with Crippen LogP contribution in [0.5, 0.6) is 23.0 Å². The molecule has 0 saturated carbocycles. The molecule has 9 heteroatoms. The van der Waals surface area contributed by atoms with Gasteiger partial charge in [-0.2, -0.15) is 0 Å². The van der Waals surface area contributed by atoms with E-state index in [-0.39, 0.29) is 5.91 Å². The number of carbonyl (C=O) groups excluding carboxylic acids is 1. The molecule has 8 nitrogen and oxygen atoms in total. The number of nitrogens with zero attached hydrogens (tertiary/aromatic N) is 4. The van der Waals surface area contributed by atoms with Crippen LogP contribution in [0.15, 0.2) is 78.0 Å². The van der Waals surface area contributed by atoms with Crippen molar-refractivity contribution in [3.63, 3.8) is 0 Å². The molecular formula is C31H34N4O4S. The fourth-order valence-electron chi connectivity index (χ4n) is 4.86. The van der Waals surface area contributed by atoms with E-state index in [1.807, 2.05) is 82.3 Å². The van der Waals surface area contributed by atoms with Crippen LogP contribution in [0, 0.1) is 5.92 Å². The highest BCUT2D eigenvalue weighted by molar-refractivity contribution is 7.99. The summed E-state index contributed by atoms with van der Waals surface area (Å²) in [5.41, 5.74) is 1.90. The minimum atomic E-state index is 0.138. The van der Waals surface area contributed by atoms with Gasteiger partial charge < -0.3 is 19.1 Å². The second-order valence-electron chi connectivity index (χ2n) is 9.89. The highest BCUT2D eigenvalue weighted by Gasteiger charge is 2.23. The SMILES string of the molecule is COc1ccc(Cc2nnc(SCC(=O)N3CCCC(C)C3)n2-c2ccc(Oc3ccccc3)cc2)cc1OC. The number of piperidine rings is 1. The first-order valence-corrected chi connectivity index (χ1v) is 14.4. The van der Waals surface area contributed by atoms with Crippen LogP contribution in [0.25, 0.3) is 5.69 Å². The molecule has 0 N–H and O–H groups in total. The standard InChI is InChI=1S/C31H34N4O4S/c1-22-8-7-17-34(20-22)30(36)21-40-31-33-32-29(19-23-11-16-27(37-2)28(18-23)38-3)35(31)24-12-14-26(15-13-24)39-25-9-5-4-6-10-25/h4-6,9-16,18,22H,7-8,17,19-21H2,1-3H3. The summed E-state index contributed by atoms with van der Waals surface area (Å²) in [6, 6.07) is 23.3. The summed E-state index contributed by atoms with van der Waals surface area (Å²) in [7, 11) is 3.24. The van der Waals surface area contributed by atoms with Gasteiger partial charge in [0.15, 0.2) is 16.7 Å². The minimum Gasteiger partial charge on any atom is -0.493 e. The van der Waals surface area contributed by atoms with Crippen LogP contribution in [0.1, 0.15) is 31.2 Å². The minimum absolute atomic E-state index is 0.138. The molecule has 0 aliphatic carbocycles. The second kappa shape index (κ2) is 12.9. The van der Waals surface area contributed by atoms with E-state index in [2.05, 4.69) is 17.1 Å². The molecule has 2 heterocycles. The van der Waals surface area contributed by atoms with Gasteiger partial charge in [0.05, 0.1) is 20.0 Å². The first kappa shape index (κ1) is 27.6. The Hall–Kier alpha value is -3.98. The van der Waals surface area contributed by atoms with Crippen molar-refractivity contribution in [3.05, 3.63) is 84.2 Å². The summed E-state index contributed by atoms with van der Waals surface area (Å²) >= 11 is 1.42. The van der Waals surface area contributed by atoms with Gasteiger partial charge in [-0.3, -0.25) is 9.36 Å². The fourth-order valence-corrected chi connectivity index (χ4v) is 5.74. The first-order valence-electron chi connectivity index (χ1n) is 13.4. The predicted molar refractivity (Wildman–Crippen MR) is 156 cm³/mol. The van der Waals surface area contributed by atoms with Crippen molar-refractivity contribution in [1.29, 1.82) is 0 Å². The third kappa shape index (κ3) is 6.59. The number of methoxy groups -OCH3 is 2. The highest BCUT2D eigenvalue weighted by Crippen LogP contribution is 2.31. The van der Waals surface area contributed by atoms with Gasteiger partial charge in [0, 0.05) is 25.2 Å². The lowest BCUT2D eigenvalue weighted by Gasteiger charge is -2.30. The lowest BCUT2D eigenvalue weighted by atomic mass is 10.0. The highest BCUT2D eigenvalue weighted by atomic mass is 32.2. The Bertz CT molecular complexity index is 1430. The number of amides is 1. The molecule has 1 aliphatic heterocycles. The zero-order chi connectivity index (χ0) is 27.9. The number of likely N-dealkylation sites (tertiary alicyclic amines) is 1. The van der Waals surface area contributed by atoms with E-state index in [1.165, 1.54) is 18.2 Å². The van der Waals surface area contributed by atoms with Crippen LogP contribution in [-0.2, 0) is 11.2 Å². The second-order valence-corrected chi connectivity index (χ2v) is 10.8. The topological polar surface area (TPSA) is 78.7 Å². The number of hydrogen-bond acceptors (Lipinski definition) is 7.